The average Bonchev–Trinajstić information content (AvgIpc) is 2.15. The van der Waals surface area contributed by atoms with Gasteiger partial charge in [-0.1, -0.05) is 17.7 Å². The van der Waals surface area contributed by atoms with E-state index in [9.17, 15) is 4.79 Å². The van der Waals surface area contributed by atoms with Gasteiger partial charge in [-0.2, -0.15) is 0 Å². The van der Waals surface area contributed by atoms with Crippen LogP contribution in [-0.2, 0) is 11.3 Å². The molecule has 16 heavy (non-hydrogen) atoms. The van der Waals surface area contributed by atoms with Gasteiger partial charge in [-0.25, -0.2) is 0 Å². The van der Waals surface area contributed by atoms with Gasteiger partial charge in [0.1, 0.15) is 6.04 Å². The minimum atomic E-state index is -0.817. The summed E-state index contributed by atoms with van der Waals surface area (Å²) in [5.41, 5.74) is 4.86. The summed E-state index contributed by atoms with van der Waals surface area (Å²) >= 11 is 0. The summed E-state index contributed by atoms with van der Waals surface area (Å²) in [6, 6.07) is 3.73. The number of carboxylic acid groups (broad SMARTS) is 1. The van der Waals surface area contributed by atoms with E-state index in [1.807, 2.05) is 0 Å². The molecule has 0 unspecified atom stereocenters. The van der Waals surface area contributed by atoms with Crippen molar-refractivity contribution < 1.29 is 9.90 Å². The third-order valence-corrected chi connectivity index (χ3v) is 2.80. The number of rotatable bonds is 4. The Morgan fingerprint density at radius 3 is 2.25 bits per heavy atom. The van der Waals surface area contributed by atoms with Crippen molar-refractivity contribution in [2.75, 3.05) is 0 Å². The van der Waals surface area contributed by atoms with Crippen LogP contribution in [0.15, 0.2) is 12.1 Å². The highest BCUT2D eigenvalue weighted by molar-refractivity contribution is 5.72. The van der Waals surface area contributed by atoms with Crippen molar-refractivity contribution in [2.45, 2.75) is 40.3 Å². The van der Waals surface area contributed by atoms with Crippen LogP contribution in [0.25, 0.3) is 0 Å². The summed E-state index contributed by atoms with van der Waals surface area (Å²) < 4.78 is 0. The van der Waals surface area contributed by atoms with Crippen LogP contribution in [-0.4, -0.2) is 17.1 Å². The van der Waals surface area contributed by atoms with Crippen molar-refractivity contribution in [1.29, 1.82) is 0 Å². The summed E-state index contributed by atoms with van der Waals surface area (Å²) in [4.78, 5) is 10.7. The van der Waals surface area contributed by atoms with Crippen LogP contribution in [0.4, 0.5) is 0 Å². The molecule has 0 heterocycles. The number of aryl methyl sites for hydroxylation is 3. The maximum Gasteiger partial charge on any atom is 0.320 e. The number of carboxylic acids is 1. The number of hydrogen-bond donors (Lipinski definition) is 2. The second-order valence-electron chi connectivity index (χ2n) is 4.32. The summed E-state index contributed by atoms with van der Waals surface area (Å²) in [6.07, 6.45) is 0. The molecule has 0 saturated carbocycles. The molecule has 0 aliphatic rings. The third-order valence-electron chi connectivity index (χ3n) is 2.80. The molecule has 0 fully saturated rings. The number of carbonyl (C=O) groups is 1. The lowest BCUT2D eigenvalue weighted by molar-refractivity contribution is -0.139. The number of nitrogens with one attached hydrogen (secondary N) is 1. The summed E-state index contributed by atoms with van der Waals surface area (Å²) in [6.45, 7) is 8.44. The molecule has 88 valence electrons. The molecule has 1 aromatic carbocycles. The first-order chi connectivity index (χ1) is 7.41. The molecule has 0 aliphatic heterocycles. The van der Waals surface area contributed by atoms with E-state index in [0.717, 1.165) is 0 Å². The molecule has 1 aromatic rings. The van der Waals surface area contributed by atoms with E-state index in [-0.39, 0.29) is 0 Å². The van der Waals surface area contributed by atoms with Gasteiger partial charge in [0.25, 0.3) is 0 Å². The van der Waals surface area contributed by atoms with Crippen LogP contribution in [0.5, 0.6) is 0 Å². The van der Waals surface area contributed by atoms with Gasteiger partial charge in [-0.05, 0) is 44.4 Å². The zero-order chi connectivity index (χ0) is 12.3. The maximum absolute atomic E-state index is 10.7. The van der Waals surface area contributed by atoms with Crippen LogP contribution in [0, 0.1) is 20.8 Å². The smallest absolute Gasteiger partial charge is 0.320 e. The molecule has 3 nitrogen and oxygen atoms in total. The molecule has 0 aliphatic carbocycles. The highest BCUT2D eigenvalue weighted by Crippen LogP contribution is 2.16. The molecular formula is C13H19NO2. The predicted molar refractivity (Wildman–Crippen MR) is 64.6 cm³/mol. The van der Waals surface area contributed by atoms with E-state index < -0.39 is 12.0 Å². The molecule has 1 atom stereocenters. The van der Waals surface area contributed by atoms with Crippen molar-refractivity contribution in [3.05, 3.63) is 34.4 Å². The molecule has 0 spiro atoms. The Labute approximate surface area is 96.5 Å². The average molecular weight is 221 g/mol. The van der Waals surface area contributed by atoms with Crippen LogP contribution < -0.4 is 5.32 Å². The lowest BCUT2D eigenvalue weighted by atomic mass is 10.00. The van der Waals surface area contributed by atoms with Gasteiger partial charge in [0.15, 0.2) is 0 Å². The topological polar surface area (TPSA) is 49.3 Å². The van der Waals surface area contributed by atoms with Gasteiger partial charge >= 0.3 is 5.97 Å². The van der Waals surface area contributed by atoms with Crippen molar-refractivity contribution in [3.8, 4) is 0 Å². The Hall–Kier alpha value is -1.35. The molecule has 0 radical (unpaired) electrons. The van der Waals surface area contributed by atoms with E-state index in [1.54, 1.807) is 6.92 Å². The summed E-state index contributed by atoms with van der Waals surface area (Å²) in [7, 11) is 0. The first kappa shape index (κ1) is 12.7. The number of benzene rings is 1. The molecule has 1 rings (SSSR count). The highest BCUT2D eigenvalue weighted by Gasteiger charge is 2.11. The lowest BCUT2D eigenvalue weighted by Gasteiger charge is -2.14. The van der Waals surface area contributed by atoms with E-state index in [0.29, 0.717) is 6.54 Å². The van der Waals surface area contributed by atoms with Crippen molar-refractivity contribution in [2.24, 2.45) is 0 Å². The van der Waals surface area contributed by atoms with E-state index in [2.05, 4.69) is 38.2 Å². The molecule has 3 heteroatoms. The zero-order valence-corrected chi connectivity index (χ0v) is 10.3. The summed E-state index contributed by atoms with van der Waals surface area (Å²) in [5.74, 6) is -0.817. The molecule has 0 bridgehead atoms. The molecule has 0 amide bonds. The van der Waals surface area contributed by atoms with Crippen LogP contribution in [0.3, 0.4) is 0 Å². The number of hydrogen-bond acceptors (Lipinski definition) is 2. The van der Waals surface area contributed by atoms with Crippen LogP contribution in [0.2, 0.25) is 0 Å². The predicted octanol–water partition coefficient (Wildman–Crippen LogP) is 2.17. The fourth-order valence-corrected chi connectivity index (χ4v) is 1.83. The minimum absolute atomic E-state index is 0.514. The van der Waals surface area contributed by atoms with Gasteiger partial charge in [0.05, 0.1) is 0 Å². The van der Waals surface area contributed by atoms with Crippen molar-refractivity contribution in [3.63, 3.8) is 0 Å². The SMILES string of the molecule is Cc1cc(C)c(CN[C@@H](C)C(=O)O)c(C)c1. The molecule has 0 aromatic heterocycles. The fraction of sp³-hybridized carbons (Fsp3) is 0.462. The minimum Gasteiger partial charge on any atom is -0.480 e. The van der Waals surface area contributed by atoms with Crippen molar-refractivity contribution >= 4 is 5.97 Å². The first-order valence-electron chi connectivity index (χ1n) is 5.44. The zero-order valence-electron chi connectivity index (χ0n) is 10.3. The van der Waals surface area contributed by atoms with E-state index >= 15 is 0 Å². The van der Waals surface area contributed by atoms with Gasteiger partial charge in [-0.3, -0.25) is 4.79 Å². The highest BCUT2D eigenvalue weighted by atomic mass is 16.4. The monoisotopic (exact) mass is 221 g/mol. The standard InChI is InChI=1S/C13H19NO2/c1-8-5-9(2)12(10(3)6-8)7-14-11(4)13(15)16/h5-6,11,14H,7H2,1-4H3,(H,15,16)/t11-/m0/s1. The molecule has 0 saturated heterocycles. The Morgan fingerprint density at radius 1 is 1.31 bits per heavy atom. The van der Waals surface area contributed by atoms with Gasteiger partial charge < -0.3 is 10.4 Å². The molecule has 2 N–H and O–H groups in total. The number of aliphatic carboxylic acids is 1. The Balaban J connectivity index is 2.78. The summed E-state index contributed by atoms with van der Waals surface area (Å²) in [5, 5.41) is 11.8. The van der Waals surface area contributed by atoms with Crippen LogP contribution in [0.1, 0.15) is 29.2 Å². The third kappa shape index (κ3) is 3.07. The fourth-order valence-electron chi connectivity index (χ4n) is 1.83. The Morgan fingerprint density at radius 2 is 1.81 bits per heavy atom. The Kier molecular flexibility index (Phi) is 4.07. The van der Waals surface area contributed by atoms with Gasteiger partial charge in [-0.15, -0.1) is 0 Å². The van der Waals surface area contributed by atoms with Gasteiger partial charge in [0.2, 0.25) is 0 Å². The normalized spacial score (nSPS) is 12.5. The Bertz CT molecular complexity index is 376. The molecular weight excluding hydrogens is 202 g/mol. The van der Waals surface area contributed by atoms with Crippen LogP contribution >= 0.6 is 0 Å². The second-order valence-corrected chi connectivity index (χ2v) is 4.32. The van der Waals surface area contributed by atoms with E-state index in [4.69, 9.17) is 5.11 Å². The van der Waals surface area contributed by atoms with Crippen molar-refractivity contribution in [1.82, 2.24) is 5.32 Å². The lowest BCUT2D eigenvalue weighted by Crippen LogP contribution is -2.33. The van der Waals surface area contributed by atoms with Gasteiger partial charge in [0, 0.05) is 6.54 Å². The maximum atomic E-state index is 10.7. The first-order valence-corrected chi connectivity index (χ1v) is 5.44. The largest absolute Gasteiger partial charge is 0.480 e. The second kappa shape index (κ2) is 5.12. The quantitative estimate of drug-likeness (QED) is 0.819. The van der Waals surface area contributed by atoms with E-state index in [1.165, 1.54) is 22.3 Å².